The van der Waals surface area contributed by atoms with Gasteiger partial charge in [-0.3, -0.25) is 9.10 Å². The van der Waals surface area contributed by atoms with E-state index < -0.39 is 21.9 Å². The molecule has 9 heteroatoms. The van der Waals surface area contributed by atoms with Gasteiger partial charge in [0, 0.05) is 17.1 Å². The average molecular weight is 589 g/mol. The first kappa shape index (κ1) is 28.4. The predicted molar refractivity (Wildman–Crippen MR) is 162 cm³/mol. The van der Waals surface area contributed by atoms with Gasteiger partial charge in [-0.15, -0.1) is 0 Å². The van der Waals surface area contributed by atoms with E-state index >= 15 is 0 Å². The maximum absolute atomic E-state index is 13.5. The monoisotopic (exact) mass is 588 g/mol. The maximum Gasteiger partial charge on any atom is 0.337 e. The van der Waals surface area contributed by atoms with Crippen molar-refractivity contribution in [1.29, 1.82) is 0 Å². The van der Waals surface area contributed by atoms with Crippen LogP contribution in [-0.2, 0) is 21.9 Å². The number of nitrogens with zero attached hydrogens (tertiary/aromatic N) is 1. The molecule has 4 aromatic rings. The lowest BCUT2D eigenvalue weighted by molar-refractivity contribution is 0.0698. The van der Waals surface area contributed by atoms with Crippen LogP contribution in [0.2, 0.25) is 5.02 Å². The number of benzene rings is 4. The van der Waals surface area contributed by atoms with E-state index in [1.807, 2.05) is 24.3 Å². The molecule has 0 aromatic heterocycles. The van der Waals surface area contributed by atoms with Gasteiger partial charge in [-0.05, 0) is 82.6 Å². The van der Waals surface area contributed by atoms with Gasteiger partial charge in [0.2, 0.25) is 0 Å². The van der Waals surface area contributed by atoms with Crippen molar-refractivity contribution in [3.05, 3.63) is 112 Å². The highest BCUT2D eigenvalue weighted by atomic mass is 35.5. The summed E-state index contributed by atoms with van der Waals surface area (Å²) >= 11 is 6.07. The topological polar surface area (TPSA) is 104 Å². The third-order valence-corrected chi connectivity index (χ3v) is 9.21. The number of hydrogen-bond acceptors (Lipinski definition) is 4. The van der Waals surface area contributed by atoms with Crippen LogP contribution in [0.4, 0.5) is 11.4 Å². The summed E-state index contributed by atoms with van der Waals surface area (Å²) in [5, 5.41) is 13.1. The molecule has 0 radical (unpaired) electrons. The fourth-order valence-electron chi connectivity index (χ4n) is 4.88. The number of hydrogen-bond donors (Lipinski definition) is 2. The highest BCUT2D eigenvalue weighted by Gasteiger charge is 2.31. The van der Waals surface area contributed by atoms with E-state index in [1.165, 1.54) is 34.6 Å². The third kappa shape index (κ3) is 5.71. The van der Waals surface area contributed by atoms with Crippen molar-refractivity contribution in [3.63, 3.8) is 0 Å². The molecule has 0 saturated carbocycles. The second kappa shape index (κ2) is 10.7. The molecule has 0 saturated heterocycles. The summed E-state index contributed by atoms with van der Waals surface area (Å²) in [5.41, 5.74) is 4.20. The first-order chi connectivity index (χ1) is 19.3. The number of aromatic carboxylic acids is 1. The Balaban J connectivity index is 1.40. The summed E-state index contributed by atoms with van der Waals surface area (Å²) < 4.78 is 28.3. The van der Waals surface area contributed by atoms with Crippen molar-refractivity contribution in [3.8, 4) is 11.1 Å². The van der Waals surface area contributed by atoms with E-state index in [4.69, 9.17) is 11.6 Å². The standard InChI is InChI=1S/C32H29ClN2O5S/c1-32(2,3)24-10-7-20(8-11-24)21-9-13-28(27(19-21)31(37)38)34-30(36)23-5-4-6-26(18-23)41(39,40)35-16-15-22-17-25(33)12-14-29(22)35/h4-14,17-19H,15-16H2,1-3H3,(H,34,36)(H,37,38). The Morgan fingerprint density at radius 1 is 0.902 bits per heavy atom. The molecule has 0 unspecified atom stereocenters. The minimum absolute atomic E-state index is 0.0111. The van der Waals surface area contributed by atoms with Crippen molar-refractivity contribution in [2.75, 3.05) is 16.2 Å². The van der Waals surface area contributed by atoms with E-state index in [0.717, 1.165) is 16.7 Å². The molecular weight excluding hydrogens is 560 g/mol. The Morgan fingerprint density at radius 3 is 2.29 bits per heavy atom. The Kier molecular flexibility index (Phi) is 7.40. The number of carboxylic acid groups (broad SMARTS) is 1. The molecule has 0 aliphatic carbocycles. The van der Waals surface area contributed by atoms with Crippen LogP contribution in [0.3, 0.4) is 0 Å². The molecule has 1 heterocycles. The van der Waals surface area contributed by atoms with Gasteiger partial charge in [-0.1, -0.05) is 68.8 Å². The van der Waals surface area contributed by atoms with Crippen molar-refractivity contribution < 1.29 is 23.1 Å². The van der Waals surface area contributed by atoms with Crippen LogP contribution >= 0.6 is 11.6 Å². The zero-order valence-electron chi connectivity index (χ0n) is 22.8. The van der Waals surface area contributed by atoms with Crippen LogP contribution in [0.15, 0.2) is 89.8 Å². The SMILES string of the molecule is CC(C)(C)c1ccc(-c2ccc(NC(=O)c3cccc(S(=O)(=O)N4CCc5cc(Cl)ccc54)c3)c(C(=O)O)c2)cc1. The molecule has 1 aliphatic rings. The van der Waals surface area contributed by atoms with Gasteiger partial charge in [0.15, 0.2) is 0 Å². The fraction of sp³-hybridized carbons (Fsp3) is 0.188. The first-order valence-corrected chi connectivity index (χ1v) is 14.9. The summed E-state index contributed by atoms with van der Waals surface area (Å²) in [6, 6.07) is 23.5. The maximum atomic E-state index is 13.5. The molecule has 4 aromatic carbocycles. The van der Waals surface area contributed by atoms with Gasteiger partial charge in [-0.2, -0.15) is 0 Å². The smallest absolute Gasteiger partial charge is 0.337 e. The van der Waals surface area contributed by atoms with Gasteiger partial charge in [-0.25, -0.2) is 13.2 Å². The Labute approximate surface area is 244 Å². The number of carbonyl (C=O) groups excluding carboxylic acids is 1. The van der Waals surface area contributed by atoms with Crippen LogP contribution in [0.5, 0.6) is 0 Å². The number of carboxylic acids is 1. The lowest BCUT2D eigenvalue weighted by Crippen LogP contribution is -2.29. The molecule has 5 rings (SSSR count). The minimum atomic E-state index is -3.95. The van der Waals surface area contributed by atoms with Crippen molar-refractivity contribution in [2.24, 2.45) is 0 Å². The lowest BCUT2D eigenvalue weighted by Gasteiger charge is -2.20. The van der Waals surface area contributed by atoms with Crippen LogP contribution in [0.1, 0.15) is 52.6 Å². The van der Waals surface area contributed by atoms with Gasteiger partial charge in [0.25, 0.3) is 15.9 Å². The molecule has 0 atom stereocenters. The van der Waals surface area contributed by atoms with Gasteiger partial charge in [0.05, 0.1) is 21.8 Å². The summed E-state index contributed by atoms with van der Waals surface area (Å²) in [4.78, 5) is 25.3. The van der Waals surface area contributed by atoms with Crippen LogP contribution in [0.25, 0.3) is 11.1 Å². The number of amides is 1. The van der Waals surface area contributed by atoms with Crippen molar-refractivity contribution in [2.45, 2.75) is 37.5 Å². The van der Waals surface area contributed by atoms with Gasteiger partial charge in [0.1, 0.15) is 0 Å². The average Bonchev–Trinajstić information content (AvgIpc) is 3.37. The minimum Gasteiger partial charge on any atom is -0.478 e. The number of anilines is 2. The molecule has 1 aliphatic heterocycles. The predicted octanol–water partition coefficient (Wildman–Crippen LogP) is 7.01. The van der Waals surface area contributed by atoms with E-state index in [0.29, 0.717) is 22.7 Å². The van der Waals surface area contributed by atoms with Crippen LogP contribution in [-0.4, -0.2) is 31.9 Å². The normalized spacial score (nSPS) is 13.1. The lowest BCUT2D eigenvalue weighted by atomic mass is 9.86. The molecule has 210 valence electrons. The third-order valence-electron chi connectivity index (χ3n) is 7.16. The molecule has 2 N–H and O–H groups in total. The molecule has 1 amide bonds. The number of fused-ring (bicyclic) bond motifs is 1. The van der Waals surface area contributed by atoms with Gasteiger partial charge >= 0.3 is 5.97 Å². The molecule has 0 spiro atoms. The number of halogens is 1. The highest BCUT2D eigenvalue weighted by molar-refractivity contribution is 7.92. The molecular formula is C32H29ClN2O5S. The van der Waals surface area contributed by atoms with E-state index in [1.54, 1.807) is 30.3 Å². The molecule has 0 bridgehead atoms. The highest BCUT2D eigenvalue weighted by Crippen LogP contribution is 2.35. The summed E-state index contributed by atoms with van der Waals surface area (Å²) in [7, 11) is -3.95. The summed E-state index contributed by atoms with van der Waals surface area (Å²) in [6.45, 7) is 6.63. The van der Waals surface area contributed by atoms with E-state index in [9.17, 15) is 23.1 Å². The Bertz CT molecular complexity index is 1780. The van der Waals surface area contributed by atoms with Crippen molar-refractivity contribution >= 4 is 44.9 Å². The molecule has 0 fully saturated rings. The Morgan fingerprint density at radius 2 is 1.61 bits per heavy atom. The molecule has 7 nitrogen and oxygen atoms in total. The number of sulfonamides is 1. The quantitative estimate of drug-likeness (QED) is 0.252. The summed E-state index contributed by atoms with van der Waals surface area (Å²) in [5.74, 6) is -1.82. The second-order valence-electron chi connectivity index (χ2n) is 11.0. The number of carbonyl (C=O) groups is 2. The second-order valence-corrected chi connectivity index (χ2v) is 13.3. The zero-order chi connectivity index (χ0) is 29.5. The number of nitrogens with one attached hydrogen (secondary N) is 1. The molecule has 41 heavy (non-hydrogen) atoms. The van der Waals surface area contributed by atoms with Crippen LogP contribution < -0.4 is 9.62 Å². The van der Waals surface area contributed by atoms with E-state index in [-0.39, 0.29) is 33.7 Å². The summed E-state index contributed by atoms with van der Waals surface area (Å²) in [6.07, 6.45) is 0.532. The zero-order valence-corrected chi connectivity index (χ0v) is 24.4. The van der Waals surface area contributed by atoms with Crippen LogP contribution in [0, 0.1) is 0 Å². The first-order valence-electron chi connectivity index (χ1n) is 13.1. The van der Waals surface area contributed by atoms with Crippen molar-refractivity contribution in [1.82, 2.24) is 0 Å². The number of rotatable bonds is 6. The van der Waals surface area contributed by atoms with E-state index in [2.05, 4.69) is 26.1 Å². The fourth-order valence-corrected chi connectivity index (χ4v) is 6.63. The largest absolute Gasteiger partial charge is 0.478 e. The van der Waals surface area contributed by atoms with Gasteiger partial charge < -0.3 is 10.4 Å². The Hall–Kier alpha value is -4.14.